The average molecular weight is 325 g/mol. The maximum atomic E-state index is 13.1. The van der Waals surface area contributed by atoms with E-state index in [9.17, 15) is 4.79 Å². The number of methoxy groups -OCH3 is 1. The van der Waals surface area contributed by atoms with Gasteiger partial charge in [0.25, 0.3) is 5.91 Å². The van der Waals surface area contributed by atoms with Crippen molar-refractivity contribution in [3.63, 3.8) is 0 Å². The number of anilines is 1. The van der Waals surface area contributed by atoms with E-state index >= 15 is 0 Å². The second-order valence-corrected chi connectivity index (χ2v) is 5.89. The molecule has 2 aromatic carbocycles. The second-order valence-electron chi connectivity index (χ2n) is 5.89. The lowest BCUT2D eigenvalue weighted by atomic mass is 10.0. The quantitative estimate of drug-likeness (QED) is 0.838. The highest BCUT2D eigenvalue weighted by molar-refractivity contribution is 5.97. The molecule has 1 heterocycles. The van der Waals surface area contributed by atoms with Crippen LogP contribution < -0.4 is 14.4 Å². The largest absolute Gasteiger partial charge is 0.493 e. The molecule has 1 atom stereocenters. The fourth-order valence-corrected chi connectivity index (χ4v) is 3.11. The predicted molar refractivity (Wildman–Crippen MR) is 94.8 cm³/mol. The second kappa shape index (κ2) is 7.39. The van der Waals surface area contributed by atoms with Crippen LogP contribution in [0.2, 0.25) is 0 Å². The summed E-state index contributed by atoms with van der Waals surface area (Å²) in [6.07, 6.45) is 2.08. The molecule has 0 aliphatic carbocycles. The molecule has 4 heteroatoms. The number of rotatable bonds is 5. The van der Waals surface area contributed by atoms with E-state index in [2.05, 4.69) is 6.07 Å². The Hall–Kier alpha value is -2.49. The molecular weight excluding hydrogens is 302 g/mol. The van der Waals surface area contributed by atoms with Crippen LogP contribution in [0.25, 0.3) is 0 Å². The Labute approximate surface area is 143 Å². The van der Waals surface area contributed by atoms with Crippen LogP contribution >= 0.6 is 0 Å². The molecule has 2 aromatic rings. The van der Waals surface area contributed by atoms with Crippen LogP contribution in [0.5, 0.6) is 11.5 Å². The van der Waals surface area contributed by atoms with E-state index < -0.39 is 6.10 Å². The molecule has 0 fully saturated rings. The first-order valence-corrected chi connectivity index (χ1v) is 8.43. The summed E-state index contributed by atoms with van der Waals surface area (Å²) in [6, 6.07) is 15.5. The molecule has 1 aliphatic heterocycles. The van der Waals surface area contributed by atoms with Crippen molar-refractivity contribution < 1.29 is 14.3 Å². The first kappa shape index (κ1) is 16.4. The van der Waals surface area contributed by atoms with E-state index in [1.54, 1.807) is 7.11 Å². The van der Waals surface area contributed by atoms with Gasteiger partial charge < -0.3 is 14.4 Å². The van der Waals surface area contributed by atoms with Gasteiger partial charge >= 0.3 is 0 Å². The zero-order valence-corrected chi connectivity index (χ0v) is 14.2. The lowest BCUT2D eigenvalue weighted by Gasteiger charge is -2.32. The van der Waals surface area contributed by atoms with Crippen LogP contribution in [0.15, 0.2) is 48.5 Å². The Morgan fingerprint density at radius 3 is 2.58 bits per heavy atom. The molecule has 1 aliphatic rings. The molecule has 24 heavy (non-hydrogen) atoms. The van der Waals surface area contributed by atoms with Gasteiger partial charge in [0, 0.05) is 12.2 Å². The molecule has 1 amide bonds. The lowest BCUT2D eigenvalue weighted by molar-refractivity contribution is -0.125. The summed E-state index contributed by atoms with van der Waals surface area (Å²) in [5.74, 6) is 1.25. The third-order valence-corrected chi connectivity index (χ3v) is 4.36. The van der Waals surface area contributed by atoms with Gasteiger partial charge in [0.05, 0.1) is 7.11 Å². The fraction of sp³-hybridized carbons (Fsp3) is 0.350. The molecule has 0 saturated heterocycles. The minimum atomic E-state index is -0.521. The highest BCUT2D eigenvalue weighted by Gasteiger charge is 2.29. The Morgan fingerprint density at radius 1 is 1.12 bits per heavy atom. The van der Waals surface area contributed by atoms with Gasteiger partial charge in [-0.05, 0) is 43.0 Å². The summed E-state index contributed by atoms with van der Waals surface area (Å²) in [5.41, 5.74) is 2.24. The normalized spacial score (nSPS) is 14.7. The number of amides is 1. The lowest BCUT2D eigenvalue weighted by Crippen LogP contribution is -2.44. The summed E-state index contributed by atoms with van der Waals surface area (Å²) >= 11 is 0. The topological polar surface area (TPSA) is 38.8 Å². The van der Waals surface area contributed by atoms with Crippen LogP contribution in [0.1, 0.15) is 25.3 Å². The van der Waals surface area contributed by atoms with Crippen LogP contribution in [0.3, 0.4) is 0 Å². The smallest absolute Gasteiger partial charge is 0.268 e. The molecule has 0 saturated carbocycles. The average Bonchev–Trinajstić information content (AvgIpc) is 2.65. The predicted octanol–water partition coefficient (Wildman–Crippen LogP) is 3.83. The third-order valence-electron chi connectivity index (χ3n) is 4.36. The number of benzene rings is 2. The number of nitrogens with zero attached hydrogens (tertiary/aromatic N) is 1. The minimum absolute atomic E-state index is 0.00977. The van der Waals surface area contributed by atoms with Crippen LogP contribution in [-0.4, -0.2) is 25.7 Å². The molecule has 4 nitrogen and oxygen atoms in total. The Kier molecular flexibility index (Phi) is 5.04. The molecule has 0 spiro atoms. The maximum Gasteiger partial charge on any atom is 0.268 e. The van der Waals surface area contributed by atoms with Gasteiger partial charge in [-0.15, -0.1) is 0 Å². The van der Waals surface area contributed by atoms with Gasteiger partial charge in [-0.1, -0.05) is 37.3 Å². The van der Waals surface area contributed by atoms with Gasteiger partial charge in [-0.3, -0.25) is 4.79 Å². The number of hydrogen-bond acceptors (Lipinski definition) is 3. The summed E-state index contributed by atoms with van der Waals surface area (Å²) in [5, 5.41) is 0. The molecule has 0 N–H and O–H groups in total. The SMILES string of the molecule is CCC(Oc1ccccc1OC)C(=O)N1CCCc2ccccc21. The first-order valence-electron chi connectivity index (χ1n) is 8.43. The Morgan fingerprint density at radius 2 is 1.83 bits per heavy atom. The Balaban J connectivity index is 1.83. The van der Waals surface area contributed by atoms with Crippen molar-refractivity contribution in [3.8, 4) is 11.5 Å². The molecule has 1 unspecified atom stereocenters. The van der Waals surface area contributed by atoms with E-state index in [-0.39, 0.29) is 5.91 Å². The van der Waals surface area contributed by atoms with Gasteiger partial charge in [0.1, 0.15) is 0 Å². The molecule has 0 aromatic heterocycles. The zero-order chi connectivity index (χ0) is 16.9. The Bertz CT molecular complexity index is 714. The highest BCUT2D eigenvalue weighted by atomic mass is 16.5. The number of ether oxygens (including phenoxy) is 2. The van der Waals surface area contributed by atoms with Crippen molar-refractivity contribution in [2.24, 2.45) is 0 Å². The molecule has 3 rings (SSSR count). The van der Waals surface area contributed by atoms with Gasteiger partial charge in [0.15, 0.2) is 17.6 Å². The standard InChI is InChI=1S/C20H23NO3/c1-3-17(24-19-13-7-6-12-18(19)23-2)20(22)21-14-8-10-15-9-4-5-11-16(15)21/h4-7,9,11-13,17H,3,8,10,14H2,1-2H3. The van der Waals surface area contributed by atoms with Crippen molar-refractivity contribution in [2.75, 3.05) is 18.6 Å². The first-order chi connectivity index (χ1) is 11.7. The monoisotopic (exact) mass is 325 g/mol. The number of carbonyl (C=O) groups excluding carboxylic acids is 1. The van der Waals surface area contributed by atoms with Gasteiger partial charge in [-0.2, -0.15) is 0 Å². The van der Waals surface area contributed by atoms with E-state index in [4.69, 9.17) is 9.47 Å². The molecular formula is C20H23NO3. The number of aryl methyl sites for hydroxylation is 1. The van der Waals surface area contributed by atoms with E-state index in [1.165, 1.54) is 5.56 Å². The van der Waals surface area contributed by atoms with E-state index in [0.717, 1.165) is 25.1 Å². The summed E-state index contributed by atoms with van der Waals surface area (Å²) in [4.78, 5) is 14.9. The third kappa shape index (κ3) is 3.23. The molecule has 0 bridgehead atoms. The number of hydrogen-bond donors (Lipinski definition) is 0. The fourth-order valence-electron chi connectivity index (χ4n) is 3.11. The molecule has 126 valence electrons. The summed E-state index contributed by atoms with van der Waals surface area (Å²) < 4.78 is 11.3. The minimum Gasteiger partial charge on any atom is -0.493 e. The van der Waals surface area contributed by atoms with E-state index in [1.807, 2.05) is 54.3 Å². The van der Waals surface area contributed by atoms with Crippen molar-refractivity contribution in [1.29, 1.82) is 0 Å². The van der Waals surface area contributed by atoms with Crippen molar-refractivity contribution in [2.45, 2.75) is 32.3 Å². The van der Waals surface area contributed by atoms with Crippen LogP contribution in [0.4, 0.5) is 5.69 Å². The van der Waals surface area contributed by atoms with Crippen molar-refractivity contribution in [1.82, 2.24) is 0 Å². The number of carbonyl (C=O) groups is 1. The van der Waals surface area contributed by atoms with Crippen molar-refractivity contribution in [3.05, 3.63) is 54.1 Å². The molecule has 0 radical (unpaired) electrons. The van der Waals surface area contributed by atoms with Crippen LogP contribution in [0, 0.1) is 0 Å². The summed E-state index contributed by atoms with van der Waals surface area (Å²) in [6.45, 7) is 2.70. The van der Waals surface area contributed by atoms with Gasteiger partial charge in [0.2, 0.25) is 0 Å². The van der Waals surface area contributed by atoms with E-state index in [0.29, 0.717) is 17.9 Å². The number of para-hydroxylation sites is 3. The zero-order valence-electron chi connectivity index (χ0n) is 14.2. The van der Waals surface area contributed by atoms with Gasteiger partial charge in [-0.25, -0.2) is 0 Å². The maximum absolute atomic E-state index is 13.1. The van der Waals surface area contributed by atoms with Crippen molar-refractivity contribution >= 4 is 11.6 Å². The highest BCUT2D eigenvalue weighted by Crippen LogP contribution is 2.30. The van der Waals surface area contributed by atoms with Crippen LogP contribution in [-0.2, 0) is 11.2 Å². The number of fused-ring (bicyclic) bond motifs is 1. The summed E-state index contributed by atoms with van der Waals surface area (Å²) in [7, 11) is 1.60.